The van der Waals surface area contributed by atoms with Crippen LogP contribution in [-0.2, 0) is 16.4 Å². The normalized spacial score (nSPS) is 11.3. The number of aromatic nitrogens is 3. The Hall–Kier alpha value is -3.27. The van der Waals surface area contributed by atoms with Crippen LogP contribution >= 0.6 is 0 Å². The van der Waals surface area contributed by atoms with Crippen LogP contribution in [0.2, 0.25) is 0 Å². The number of rotatable bonds is 6. The van der Waals surface area contributed by atoms with Gasteiger partial charge in [0.25, 0.3) is 10.0 Å². The van der Waals surface area contributed by atoms with Gasteiger partial charge in [-0.05, 0) is 36.2 Å². The van der Waals surface area contributed by atoms with Gasteiger partial charge in [0.15, 0.2) is 5.82 Å². The van der Waals surface area contributed by atoms with Crippen LogP contribution < -0.4 is 5.32 Å². The topological polar surface area (TPSA) is 114 Å². The third-order valence-corrected chi connectivity index (χ3v) is 5.43. The van der Waals surface area contributed by atoms with Crippen molar-refractivity contribution in [3.63, 3.8) is 0 Å². The van der Waals surface area contributed by atoms with E-state index >= 15 is 0 Å². The zero-order valence-electron chi connectivity index (χ0n) is 13.9. The smallest absolute Gasteiger partial charge is 0.404 e. The van der Waals surface area contributed by atoms with Crippen LogP contribution in [-0.4, -0.2) is 40.1 Å². The van der Waals surface area contributed by atoms with Crippen molar-refractivity contribution in [2.45, 2.75) is 11.3 Å². The molecule has 0 unspecified atom stereocenters. The second-order valence-electron chi connectivity index (χ2n) is 5.56. The summed E-state index contributed by atoms with van der Waals surface area (Å²) in [5.41, 5.74) is 0.710. The first-order chi connectivity index (χ1) is 12.9. The Kier molecular flexibility index (Phi) is 5.17. The Morgan fingerprint density at radius 2 is 2.00 bits per heavy atom. The molecule has 0 radical (unpaired) electrons. The molecule has 0 atom stereocenters. The van der Waals surface area contributed by atoms with E-state index in [1.807, 2.05) is 0 Å². The van der Waals surface area contributed by atoms with E-state index < -0.39 is 21.9 Å². The largest absolute Gasteiger partial charge is 0.465 e. The Labute approximate surface area is 154 Å². The molecule has 3 aromatic rings. The highest BCUT2D eigenvalue weighted by molar-refractivity contribution is 7.90. The molecule has 27 heavy (non-hydrogen) atoms. The molecule has 0 aliphatic carbocycles. The Bertz CT molecular complexity index is 1070. The van der Waals surface area contributed by atoms with Crippen molar-refractivity contribution in [2.75, 3.05) is 6.54 Å². The highest BCUT2D eigenvalue weighted by atomic mass is 32.2. The van der Waals surface area contributed by atoms with Crippen molar-refractivity contribution in [1.82, 2.24) is 19.3 Å². The number of carbonyl (C=O) groups is 1. The summed E-state index contributed by atoms with van der Waals surface area (Å²) < 4.78 is 41.2. The van der Waals surface area contributed by atoms with Gasteiger partial charge in [-0.15, -0.1) is 0 Å². The molecule has 0 spiro atoms. The molecule has 10 heteroatoms. The number of hydrogen-bond acceptors (Lipinski definition) is 5. The van der Waals surface area contributed by atoms with Gasteiger partial charge in [-0.1, -0.05) is 0 Å². The fourth-order valence-corrected chi connectivity index (χ4v) is 3.89. The zero-order chi connectivity index (χ0) is 19.4. The van der Waals surface area contributed by atoms with Crippen LogP contribution in [0.3, 0.4) is 0 Å². The summed E-state index contributed by atoms with van der Waals surface area (Å²) in [7, 11) is -4.02. The maximum absolute atomic E-state index is 14.2. The fraction of sp³-hybridized carbons (Fsp3) is 0.118. The number of nitrogens with zero attached hydrogens (tertiary/aromatic N) is 3. The Balaban J connectivity index is 2.10. The maximum atomic E-state index is 14.2. The summed E-state index contributed by atoms with van der Waals surface area (Å²) in [4.78, 5) is 18.0. The third-order valence-electron chi connectivity index (χ3n) is 3.77. The SMILES string of the molecule is O=C(O)NCCc1cc(-c2ccncc2F)n(S(=O)(=O)c2cccnc2)c1. The predicted molar refractivity (Wildman–Crippen MR) is 94.2 cm³/mol. The van der Waals surface area contributed by atoms with Gasteiger partial charge in [0.05, 0.1) is 11.9 Å². The van der Waals surface area contributed by atoms with E-state index in [0.29, 0.717) is 5.56 Å². The lowest BCUT2D eigenvalue weighted by Crippen LogP contribution is -2.23. The second-order valence-corrected chi connectivity index (χ2v) is 7.38. The number of nitrogens with one attached hydrogen (secondary N) is 1. The first-order valence-electron chi connectivity index (χ1n) is 7.83. The third kappa shape index (κ3) is 3.95. The molecule has 0 aromatic carbocycles. The van der Waals surface area contributed by atoms with Gasteiger partial charge in [-0.25, -0.2) is 21.6 Å². The van der Waals surface area contributed by atoms with E-state index in [4.69, 9.17) is 5.11 Å². The maximum Gasteiger partial charge on any atom is 0.404 e. The number of carboxylic acid groups (broad SMARTS) is 1. The summed E-state index contributed by atoms with van der Waals surface area (Å²) in [5, 5.41) is 10.9. The molecule has 140 valence electrons. The summed E-state index contributed by atoms with van der Waals surface area (Å²) in [6.45, 7) is 0.0879. The Morgan fingerprint density at radius 1 is 1.22 bits per heavy atom. The number of pyridine rings is 2. The first-order valence-corrected chi connectivity index (χ1v) is 9.27. The monoisotopic (exact) mass is 390 g/mol. The van der Waals surface area contributed by atoms with Crippen LogP contribution in [0, 0.1) is 5.82 Å². The van der Waals surface area contributed by atoms with E-state index in [0.717, 1.165) is 10.2 Å². The van der Waals surface area contributed by atoms with Crippen molar-refractivity contribution in [3.8, 4) is 11.3 Å². The minimum Gasteiger partial charge on any atom is -0.465 e. The molecule has 1 amide bonds. The van der Waals surface area contributed by atoms with E-state index in [1.165, 1.54) is 49.1 Å². The van der Waals surface area contributed by atoms with Crippen molar-refractivity contribution >= 4 is 16.1 Å². The van der Waals surface area contributed by atoms with Gasteiger partial charge in [-0.3, -0.25) is 9.97 Å². The van der Waals surface area contributed by atoms with Crippen LogP contribution in [0.15, 0.2) is 60.1 Å². The number of amides is 1. The van der Waals surface area contributed by atoms with Gasteiger partial charge < -0.3 is 10.4 Å². The van der Waals surface area contributed by atoms with Gasteiger partial charge in [0, 0.05) is 36.9 Å². The standard InChI is InChI=1S/C17H15FN4O4S/c18-15-10-20-6-4-14(15)16-8-12(3-7-21-17(23)24)11-22(16)27(25,26)13-2-1-5-19-9-13/h1-2,4-6,8-11,21H,3,7H2,(H,23,24). The van der Waals surface area contributed by atoms with Gasteiger partial charge in [0.2, 0.25) is 0 Å². The van der Waals surface area contributed by atoms with Gasteiger partial charge >= 0.3 is 6.09 Å². The van der Waals surface area contributed by atoms with Gasteiger partial charge in [0.1, 0.15) is 4.90 Å². The van der Waals surface area contributed by atoms with Crippen molar-refractivity contribution in [1.29, 1.82) is 0 Å². The second kappa shape index (κ2) is 7.54. The number of halogens is 1. The molecule has 0 fully saturated rings. The predicted octanol–water partition coefficient (Wildman–Crippen LogP) is 2.13. The minimum absolute atomic E-state index is 0.0495. The molecule has 3 rings (SSSR count). The molecular weight excluding hydrogens is 375 g/mol. The fourth-order valence-electron chi connectivity index (χ4n) is 2.54. The molecule has 3 heterocycles. The van der Waals surface area contributed by atoms with Crippen molar-refractivity contribution < 1.29 is 22.7 Å². The van der Waals surface area contributed by atoms with Crippen LogP contribution in [0.5, 0.6) is 0 Å². The average Bonchev–Trinajstić information content (AvgIpc) is 3.07. The molecule has 0 aliphatic heterocycles. The number of hydrogen-bond donors (Lipinski definition) is 2. The lowest BCUT2D eigenvalue weighted by molar-refractivity contribution is 0.194. The summed E-state index contributed by atoms with van der Waals surface area (Å²) in [6.07, 6.45) is 5.41. The molecular formula is C17H15FN4O4S. The molecule has 0 saturated heterocycles. The lowest BCUT2D eigenvalue weighted by atomic mass is 10.1. The molecule has 0 aliphatic rings. The lowest BCUT2D eigenvalue weighted by Gasteiger charge is -2.10. The quantitative estimate of drug-likeness (QED) is 0.666. The molecule has 8 nitrogen and oxygen atoms in total. The van der Waals surface area contributed by atoms with E-state index in [2.05, 4.69) is 15.3 Å². The highest BCUT2D eigenvalue weighted by Crippen LogP contribution is 2.28. The summed E-state index contributed by atoms with van der Waals surface area (Å²) in [6, 6.07) is 5.76. The molecule has 0 saturated carbocycles. The van der Waals surface area contributed by atoms with Crippen LogP contribution in [0.4, 0.5) is 9.18 Å². The van der Waals surface area contributed by atoms with Crippen molar-refractivity contribution in [2.24, 2.45) is 0 Å². The van der Waals surface area contributed by atoms with E-state index in [1.54, 1.807) is 0 Å². The summed E-state index contributed by atoms with van der Waals surface area (Å²) >= 11 is 0. The summed E-state index contributed by atoms with van der Waals surface area (Å²) in [5.74, 6) is -0.673. The first kappa shape index (κ1) is 18.5. The van der Waals surface area contributed by atoms with E-state index in [9.17, 15) is 17.6 Å². The van der Waals surface area contributed by atoms with Gasteiger partial charge in [-0.2, -0.15) is 0 Å². The van der Waals surface area contributed by atoms with Crippen molar-refractivity contribution in [3.05, 3.63) is 66.6 Å². The zero-order valence-corrected chi connectivity index (χ0v) is 14.7. The molecule has 2 N–H and O–H groups in total. The Morgan fingerprint density at radius 3 is 2.67 bits per heavy atom. The molecule has 0 bridgehead atoms. The molecule has 3 aromatic heterocycles. The highest BCUT2D eigenvalue weighted by Gasteiger charge is 2.23. The van der Waals surface area contributed by atoms with E-state index in [-0.39, 0.29) is 29.1 Å². The van der Waals surface area contributed by atoms with Crippen LogP contribution in [0.25, 0.3) is 11.3 Å². The van der Waals surface area contributed by atoms with Crippen LogP contribution in [0.1, 0.15) is 5.56 Å². The minimum atomic E-state index is -4.02. The average molecular weight is 390 g/mol.